The van der Waals surface area contributed by atoms with Gasteiger partial charge in [-0.15, -0.1) is 0 Å². The molecule has 2 aliphatic carbocycles. The van der Waals surface area contributed by atoms with E-state index in [0.717, 1.165) is 23.1 Å². The quantitative estimate of drug-likeness (QED) is 0.397. The maximum absolute atomic E-state index is 13.9. The van der Waals surface area contributed by atoms with Crippen LogP contribution in [0, 0.1) is 18.8 Å². The summed E-state index contributed by atoms with van der Waals surface area (Å²) in [6.45, 7) is 1.11. The van der Waals surface area contributed by atoms with E-state index in [9.17, 15) is 26.7 Å². The zero-order chi connectivity index (χ0) is 27.2. The molecular weight excluding hydrogens is 509 g/mol. The Morgan fingerprint density at radius 2 is 1.87 bits per heavy atom. The number of carbonyl (C=O) groups is 1. The minimum absolute atomic E-state index is 0.123. The van der Waals surface area contributed by atoms with E-state index in [1.165, 1.54) is 13.1 Å². The van der Waals surface area contributed by atoms with E-state index >= 15 is 0 Å². The van der Waals surface area contributed by atoms with Crippen molar-refractivity contribution in [2.75, 3.05) is 0 Å². The Kier molecular flexibility index (Phi) is 6.91. The number of alkyl halides is 5. The number of nitrogens with zero attached hydrogens (tertiary/aromatic N) is 5. The summed E-state index contributed by atoms with van der Waals surface area (Å²) in [6, 6.07) is 1.02. The van der Waals surface area contributed by atoms with Crippen LogP contribution in [-0.4, -0.2) is 42.4 Å². The number of amides is 1. The summed E-state index contributed by atoms with van der Waals surface area (Å²) < 4.78 is 68.5. The molecular formula is C25H30F5N7O. The lowest BCUT2D eigenvalue weighted by molar-refractivity contribution is -0.137. The Bertz CT molecular complexity index is 1300. The molecule has 1 amide bonds. The van der Waals surface area contributed by atoms with E-state index in [2.05, 4.69) is 20.5 Å². The first-order valence-electron chi connectivity index (χ1n) is 12.8. The van der Waals surface area contributed by atoms with Crippen LogP contribution in [0.15, 0.2) is 24.7 Å². The van der Waals surface area contributed by atoms with Crippen molar-refractivity contribution in [2.24, 2.45) is 17.6 Å². The molecule has 2 fully saturated rings. The highest BCUT2D eigenvalue weighted by atomic mass is 19.4. The van der Waals surface area contributed by atoms with E-state index in [-0.39, 0.29) is 48.9 Å². The predicted molar refractivity (Wildman–Crippen MR) is 127 cm³/mol. The van der Waals surface area contributed by atoms with Crippen LogP contribution in [0.5, 0.6) is 0 Å². The molecule has 3 aromatic rings. The molecule has 0 saturated heterocycles. The number of imidazole rings is 1. The molecule has 0 aromatic carbocycles. The van der Waals surface area contributed by atoms with E-state index in [4.69, 9.17) is 5.73 Å². The van der Waals surface area contributed by atoms with Gasteiger partial charge in [0.05, 0.1) is 42.3 Å². The van der Waals surface area contributed by atoms with Gasteiger partial charge in [-0.2, -0.15) is 23.4 Å². The Labute approximate surface area is 215 Å². The van der Waals surface area contributed by atoms with Gasteiger partial charge in [0, 0.05) is 31.1 Å². The summed E-state index contributed by atoms with van der Waals surface area (Å²) in [4.78, 5) is 17.9. The van der Waals surface area contributed by atoms with E-state index in [0.29, 0.717) is 17.3 Å². The molecule has 0 bridgehead atoms. The third-order valence-electron chi connectivity index (χ3n) is 7.67. The first kappa shape index (κ1) is 26.5. The van der Waals surface area contributed by atoms with Gasteiger partial charge in [-0.25, -0.2) is 18.3 Å². The fraction of sp³-hybridized carbons (Fsp3) is 0.600. The number of aromatic nitrogens is 5. The van der Waals surface area contributed by atoms with Gasteiger partial charge in [0.25, 0.3) is 5.91 Å². The number of nitrogens with one attached hydrogen (secondary N) is 1. The zero-order valence-electron chi connectivity index (χ0n) is 20.9. The number of aryl methyl sites for hydroxylation is 1. The molecule has 5 rings (SSSR count). The van der Waals surface area contributed by atoms with E-state index in [1.807, 2.05) is 6.07 Å². The van der Waals surface area contributed by atoms with Gasteiger partial charge < -0.3 is 11.1 Å². The molecule has 0 aliphatic heterocycles. The van der Waals surface area contributed by atoms with Crippen LogP contribution in [-0.2, 0) is 6.54 Å². The minimum atomic E-state index is -4.35. The van der Waals surface area contributed by atoms with Crippen LogP contribution in [0.2, 0.25) is 0 Å². The Morgan fingerprint density at radius 3 is 2.53 bits per heavy atom. The van der Waals surface area contributed by atoms with Gasteiger partial charge in [0.1, 0.15) is 0 Å². The van der Waals surface area contributed by atoms with Gasteiger partial charge in [-0.05, 0) is 56.1 Å². The Balaban J connectivity index is 1.40. The summed E-state index contributed by atoms with van der Waals surface area (Å²) in [6.07, 6.45) is 1.05. The molecule has 3 heterocycles. The smallest absolute Gasteiger partial charge is 0.343 e. The van der Waals surface area contributed by atoms with Crippen molar-refractivity contribution in [1.29, 1.82) is 0 Å². The number of carbonyl (C=O) groups excluding carboxylic acids is 1. The lowest BCUT2D eigenvalue weighted by Gasteiger charge is -2.33. The molecule has 3 aromatic heterocycles. The van der Waals surface area contributed by atoms with Gasteiger partial charge in [-0.1, -0.05) is 0 Å². The second-order valence-corrected chi connectivity index (χ2v) is 10.5. The Hall–Kier alpha value is -3.09. The second-order valence-electron chi connectivity index (χ2n) is 10.5. The topological polar surface area (TPSA) is 103 Å². The normalized spacial score (nSPS) is 20.0. The average molecular weight is 540 g/mol. The lowest BCUT2D eigenvalue weighted by Crippen LogP contribution is -2.37. The molecule has 0 radical (unpaired) electrons. The molecule has 0 spiro atoms. The molecule has 2 aliphatic rings. The van der Waals surface area contributed by atoms with Gasteiger partial charge in [-0.3, -0.25) is 9.48 Å². The highest BCUT2D eigenvalue weighted by Crippen LogP contribution is 2.42. The van der Waals surface area contributed by atoms with Crippen molar-refractivity contribution in [3.05, 3.63) is 47.2 Å². The molecule has 38 heavy (non-hydrogen) atoms. The van der Waals surface area contributed by atoms with Crippen molar-refractivity contribution < 1.29 is 26.7 Å². The summed E-state index contributed by atoms with van der Waals surface area (Å²) in [7, 11) is 0. The van der Waals surface area contributed by atoms with Crippen molar-refractivity contribution in [2.45, 2.75) is 82.6 Å². The largest absolute Gasteiger partial charge is 0.390 e. The van der Waals surface area contributed by atoms with Crippen molar-refractivity contribution in [3.63, 3.8) is 0 Å². The maximum Gasteiger partial charge on any atom is 0.390 e. The first-order valence-corrected chi connectivity index (χ1v) is 12.8. The fourth-order valence-electron chi connectivity index (χ4n) is 5.15. The van der Waals surface area contributed by atoms with Crippen LogP contribution >= 0.6 is 0 Å². The van der Waals surface area contributed by atoms with Crippen LogP contribution in [0.25, 0.3) is 5.65 Å². The third kappa shape index (κ3) is 5.82. The van der Waals surface area contributed by atoms with Crippen LogP contribution in [0.1, 0.15) is 84.3 Å². The number of hydrogen-bond acceptors (Lipinski definition) is 5. The summed E-state index contributed by atoms with van der Waals surface area (Å²) in [5, 5.41) is 11.3. The number of halogens is 5. The average Bonchev–Trinajstić information content (AvgIpc) is 3.51. The molecule has 2 saturated carbocycles. The van der Waals surface area contributed by atoms with Crippen LogP contribution in [0.3, 0.4) is 0 Å². The second kappa shape index (κ2) is 9.90. The maximum atomic E-state index is 13.9. The highest BCUT2D eigenvalue weighted by molar-refractivity contribution is 5.95. The summed E-state index contributed by atoms with van der Waals surface area (Å²) in [5.74, 6) is -3.19. The Morgan fingerprint density at radius 1 is 1.16 bits per heavy atom. The zero-order valence-corrected chi connectivity index (χ0v) is 20.9. The van der Waals surface area contributed by atoms with E-state index in [1.54, 1.807) is 16.9 Å². The molecule has 1 unspecified atom stereocenters. The monoisotopic (exact) mass is 539 g/mol. The van der Waals surface area contributed by atoms with Gasteiger partial charge >= 0.3 is 6.18 Å². The highest BCUT2D eigenvalue weighted by Gasteiger charge is 2.40. The predicted octanol–water partition coefficient (Wildman–Crippen LogP) is 4.89. The molecule has 8 nitrogen and oxygen atoms in total. The number of rotatable bonds is 8. The minimum Gasteiger partial charge on any atom is -0.343 e. The fourth-order valence-corrected chi connectivity index (χ4v) is 5.15. The van der Waals surface area contributed by atoms with Gasteiger partial charge in [0.2, 0.25) is 5.92 Å². The first-order chi connectivity index (χ1) is 17.9. The van der Waals surface area contributed by atoms with E-state index < -0.39 is 37.0 Å². The third-order valence-corrected chi connectivity index (χ3v) is 7.67. The van der Waals surface area contributed by atoms with Crippen LogP contribution < -0.4 is 11.1 Å². The number of hydrogen-bond donors (Lipinski definition) is 2. The number of nitrogens with two attached hydrogens (primary N) is 1. The number of fused-ring (bicyclic) bond motifs is 1. The SMILES string of the molecule is Cc1c(C(=O)N[C@H](c2cn3ncc(C(N)C4CC4)cc3n2)C2CCC(F)(F)CC2)cnn1CCC(F)(F)F. The van der Waals surface area contributed by atoms with Crippen LogP contribution in [0.4, 0.5) is 22.0 Å². The lowest BCUT2D eigenvalue weighted by atomic mass is 9.81. The summed E-state index contributed by atoms with van der Waals surface area (Å²) in [5.41, 5.74) is 8.59. The summed E-state index contributed by atoms with van der Waals surface area (Å²) >= 11 is 0. The molecule has 13 heteroatoms. The molecule has 2 atom stereocenters. The van der Waals surface area contributed by atoms with Gasteiger partial charge in [0.15, 0.2) is 5.65 Å². The van der Waals surface area contributed by atoms with Crippen molar-refractivity contribution >= 4 is 11.6 Å². The van der Waals surface area contributed by atoms with Crippen molar-refractivity contribution in [1.82, 2.24) is 29.7 Å². The molecule has 3 N–H and O–H groups in total. The van der Waals surface area contributed by atoms with Crippen molar-refractivity contribution in [3.8, 4) is 0 Å². The molecule has 206 valence electrons. The standard InChI is InChI=1S/C25H30F5N7O/c1-14-18(12-33-36(14)9-8-25(28,29)30)23(38)35-22(16-4-6-24(26,27)7-5-16)19-13-37-20(34-19)10-17(11-32-37)21(31)15-2-3-15/h10-13,15-16,21-22H,2-9,31H2,1H3,(H,35,38)/t21?,22-/m0/s1.